The fourth-order valence-electron chi connectivity index (χ4n) is 2.36. The average molecular weight is 390 g/mol. The number of amides is 2. The summed E-state index contributed by atoms with van der Waals surface area (Å²) in [5.41, 5.74) is 1.93. The van der Waals surface area contributed by atoms with Crippen LogP contribution in [0.25, 0.3) is 0 Å². The van der Waals surface area contributed by atoms with E-state index >= 15 is 0 Å². The van der Waals surface area contributed by atoms with Crippen LogP contribution in [0.4, 0.5) is 5.69 Å². The van der Waals surface area contributed by atoms with Gasteiger partial charge in [-0.15, -0.1) is 0 Å². The normalized spacial score (nSPS) is 10.1. The van der Waals surface area contributed by atoms with Crippen molar-refractivity contribution in [2.45, 2.75) is 13.3 Å². The van der Waals surface area contributed by atoms with Gasteiger partial charge in [-0.05, 0) is 48.4 Å². The molecule has 7 heteroatoms. The van der Waals surface area contributed by atoms with E-state index in [2.05, 4.69) is 5.32 Å². The van der Waals surface area contributed by atoms with Crippen LogP contribution in [-0.4, -0.2) is 24.9 Å². The van der Waals surface area contributed by atoms with Gasteiger partial charge in [-0.1, -0.05) is 29.3 Å². The first-order valence-corrected chi connectivity index (χ1v) is 8.65. The first-order valence-electron chi connectivity index (χ1n) is 7.89. The third kappa shape index (κ3) is 5.48. The van der Waals surface area contributed by atoms with Gasteiger partial charge >= 0.3 is 0 Å². The molecular weight excluding hydrogens is 373 g/mol. The number of benzene rings is 2. The van der Waals surface area contributed by atoms with E-state index < -0.39 is 0 Å². The van der Waals surface area contributed by atoms with Gasteiger partial charge < -0.3 is 10.2 Å². The van der Waals surface area contributed by atoms with E-state index in [1.54, 1.807) is 36.4 Å². The van der Waals surface area contributed by atoms with Crippen LogP contribution >= 0.6 is 23.2 Å². The summed E-state index contributed by atoms with van der Waals surface area (Å²) in [5, 5.41) is 12.7. The Morgan fingerprint density at radius 3 is 2.42 bits per heavy atom. The number of halogens is 2. The van der Waals surface area contributed by atoms with E-state index in [0.29, 0.717) is 34.3 Å². The molecular formula is C19H17Cl2N3O2. The highest BCUT2D eigenvalue weighted by Crippen LogP contribution is 2.21. The Labute approximate surface area is 162 Å². The van der Waals surface area contributed by atoms with Crippen molar-refractivity contribution < 1.29 is 9.59 Å². The number of hydrogen-bond donors (Lipinski definition) is 1. The van der Waals surface area contributed by atoms with Crippen LogP contribution in [-0.2, 0) is 16.0 Å². The lowest BCUT2D eigenvalue weighted by atomic mass is 10.1. The quantitative estimate of drug-likeness (QED) is 0.820. The Morgan fingerprint density at radius 2 is 1.85 bits per heavy atom. The summed E-state index contributed by atoms with van der Waals surface area (Å²) in [7, 11) is 0. The van der Waals surface area contributed by atoms with Crippen LogP contribution in [0, 0.1) is 11.3 Å². The first kappa shape index (κ1) is 19.8. The fraction of sp³-hybridized carbons (Fsp3) is 0.211. The minimum atomic E-state index is -0.283. The van der Waals surface area contributed by atoms with Crippen LogP contribution in [0.3, 0.4) is 0 Å². The molecule has 26 heavy (non-hydrogen) atoms. The van der Waals surface area contributed by atoms with E-state index in [1.807, 2.05) is 12.1 Å². The maximum atomic E-state index is 12.2. The molecule has 0 radical (unpaired) electrons. The second-order valence-electron chi connectivity index (χ2n) is 5.60. The largest absolute Gasteiger partial charge is 0.354 e. The Bertz CT molecular complexity index is 845. The van der Waals surface area contributed by atoms with Gasteiger partial charge in [0.1, 0.15) is 6.54 Å². The van der Waals surface area contributed by atoms with Crippen LogP contribution in [0.1, 0.15) is 18.1 Å². The maximum absolute atomic E-state index is 12.2. The number of carbonyl (C=O) groups excluding carboxylic acids is 2. The molecule has 0 aliphatic rings. The van der Waals surface area contributed by atoms with Crippen LogP contribution < -0.4 is 10.2 Å². The van der Waals surface area contributed by atoms with Crippen molar-refractivity contribution in [3.05, 3.63) is 63.6 Å². The van der Waals surface area contributed by atoms with Crippen LogP contribution in [0.2, 0.25) is 10.0 Å². The zero-order valence-corrected chi connectivity index (χ0v) is 15.6. The lowest BCUT2D eigenvalue weighted by molar-refractivity contribution is -0.123. The number of hydrogen-bond acceptors (Lipinski definition) is 3. The van der Waals surface area contributed by atoms with Crippen molar-refractivity contribution in [1.29, 1.82) is 5.26 Å². The molecule has 0 saturated heterocycles. The Balaban J connectivity index is 1.93. The molecule has 0 fully saturated rings. The van der Waals surface area contributed by atoms with Gasteiger partial charge in [0.15, 0.2) is 0 Å². The van der Waals surface area contributed by atoms with Gasteiger partial charge in [-0.2, -0.15) is 5.26 Å². The zero-order valence-electron chi connectivity index (χ0n) is 14.1. The Morgan fingerprint density at radius 1 is 1.15 bits per heavy atom. The number of nitrogens with one attached hydrogen (secondary N) is 1. The molecule has 0 aliphatic heterocycles. The summed E-state index contributed by atoms with van der Waals surface area (Å²) >= 11 is 12.0. The molecule has 2 aromatic carbocycles. The Kier molecular flexibility index (Phi) is 7.02. The zero-order chi connectivity index (χ0) is 19.1. The summed E-state index contributed by atoms with van der Waals surface area (Å²) in [5.74, 6) is -0.541. The molecule has 0 atom stereocenters. The van der Waals surface area contributed by atoms with Crippen molar-refractivity contribution in [2.24, 2.45) is 0 Å². The summed E-state index contributed by atoms with van der Waals surface area (Å²) in [6, 6.07) is 13.7. The van der Waals surface area contributed by atoms with E-state index in [1.165, 1.54) is 11.8 Å². The predicted molar refractivity (Wildman–Crippen MR) is 102 cm³/mol. The predicted octanol–water partition coefficient (Wildman–Crippen LogP) is 3.58. The second-order valence-corrected chi connectivity index (χ2v) is 6.44. The smallest absolute Gasteiger partial charge is 0.240 e. The maximum Gasteiger partial charge on any atom is 0.240 e. The number of nitriles is 1. The van der Waals surface area contributed by atoms with Crippen molar-refractivity contribution in [3.8, 4) is 6.07 Å². The highest BCUT2D eigenvalue weighted by atomic mass is 35.5. The third-order valence-corrected chi connectivity index (χ3v) is 4.31. The van der Waals surface area contributed by atoms with Gasteiger partial charge in [0.25, 0.3) is 0 Å². The lowest BCUT2D eigenvalue weighted by Crippen LogP contribution is -2.40. The average Bonchev–Trinajstić information content (AvgIpc) is 2.61. The number of nitrogens with zero attached hydrogens (tertiary/aromatic N) is 2. The molecule has 0 heterocycles. The molecule has 0 aromatic heterocycles. The first-order chi connectivity index (χ1) is 12.4. The summed E-state index contributed by atoms with van der Waals surface area (Å²) in [6.45, 7) is 1.67. The molecule has 1 N–H and O–H groups in total. The van der Waals surface area contributed by atoms with Gasteiger partial charge in [0, 0.05) is 29.2 Å². The Hall–Kier alpha value is -2.55. The van der Waals surface area contributed by atoms with Crippen molar-refractivity contribution in [1.82, 2.24) is 5.32 Å². The minimum Gasteiger partial charge on any atom is -0.354 e. The summed E-state index contributed by atoms with van der Waals surface area (Å²) in [4.78, 5) is 25.4. The molecule has 0 saturated carbocycles. The summed E-state index contributed by atoms with van der Waals surface area (Å²) in [6.07, 6.45) is 0.554. The fourth-order valence-corrected chi connectivity index (χ4v) is 2.86. The molecule has 0 spiro atoms. The van der Waals surface area contributed by atoms with Gasteiger partial charge in [-0.3, -0.25) is 9.59 Å². The van der Waals surface area contributed by atoms with E-state index in [9.17, 15) is 9.59 Å². The number of carbonyl (C=O) groups is 2. The SMILES string of the molecule is CC(=O)N(CC(=O)NCCc1ccc(Cl)cc1Cl)c1ccc(C#N)cc1. The van der Waals surface area contributed by atoms with Crippen molar-refractivity contribution in [2.75, 3.05) is 18.0 Å². The molecule has 0 aliphatic carbocycles. The lowest BCUT2D eigenvalue weighted by Gasteiger charge is -2.20. The molecule has 134 valence electrons. The number of rotatable bonds is 6. The molecule has 5 nitrogen and oxygen atoms in total. The topological polar surface area (TPSA) is 73.2 Å². The van der Waals surface area contributed by atoms with Crippen molar-refractivity contribution in [3.63, 3.8) is 0 Å². The molecule has 0 unspecified atom stereocenters. The molecule has 2 aromatic rings. The number of anilines is 1. The van der Waals surface area contributed by atoms with E-state index in [0.717, 1.165) is 5.56 Å². The van der Waals surface area contributed by atoms with Gasteiger partial charge in [0.05, 0.1) is 11.6 Å². The van der Waals surface area contributed by atoms with Gasteiger partial charge in [-0.25, -0.2) is 0 Å². The van der Waals surface area contributed by atoms with E-state index in [-0.39, 0.29) is 18.4 Å². The van der Waals surface area contributed by atoms with Crippen LogP contribution in [0.5, 0.6) is 0 Å². The standard InChI is InChI=1S/C19H17Cl2N3O2/c1-13(25)24(17-6-2-14(11-22)3-7-17)12-19(26)23-9-8-15-4-5-16(20)10-18(15)21/h2-7,10H,8-9,12H2,1H3,(H,23,26). The van der Waals surface area contributed by atoms with Crippen molar-refractivity contribution >= 4 is 40.7 Å². The third-order valence-electron chi connectivity index (χ3n) is 3.72. The second kappa shape index (κ2) is 9.23. The highest BCUT2D eigenvalue weighted by Gasteiger charge is 2.15. The van der Waals surface area contributed by atoms with E-state index in [4.69, 9.17) is 28.5 Å². The van der Waals surface area contributed by atoms with Gasteiger partial charge in [0.2, 0.25) is 11.8 Å². The molecule has 2 amide bonds. The highest BCUT2D eigenvalue weighted by molar-refractivity contribution is 6.35. The summed E-state index contributed by atoms with van der Waals surface area (Å²) < 4.78 is 0. The van der Waals surface area contributed by atoms with Crippen LogP contribution in [0.15, 0.2) is 42.5 Å². The molecule has 2 rings (SSSR count). The minimum absolute atomic E-state index is 0.102. The molecule has 0 bridgehead atoms. The monoisotopic (exact) mass is 389 g/mol.